The van der Waals surface area contributed by atoms with E-state index in [1.54, 1.807) is 30.8 Å². The van der Waals surface area contributed by atoms with E-state index >= 15 is 0 Å². The fraction of sp³-hybridized carbons (Fsp3) is 0.462. The Bertz CT molecular complexity index is 1260. The van der Waals surface area contributed by atoms with Crippen molar-refractivity contribution in [3.05, 3.63) is 69.4 Å². The first-order valence-electron chi connectivity index (χ1n) is 11.9. The zero-order chi connectivity index (χ0) is 24.0. The van der Waals surface area contributed by atoms with Crippen LogP contribution in [0.2, 0.25) is 0 Å². The van der Waals surface area contributed by atoms with E-state index in [2.05, 4.69) is 15.2 Å². The molecule has 1 aliphatic heterocycles. The van der Waals surface area contributed by atoms with E-state index in [0.29, 0.717) is 11.3 Å². The second-order valence-corrected chi connectivity index (χ2v) is 9.52. The van der Waals surface area contributed by atoms with Crippen molar-refractivity contribution in [1.29, 1.82) is 0 Å². The number of nitrogens with zero attached hydrogens (tertiary/aromatic N) is 3. The summed E-state index contributed by atoms with van der Waals surface area (Å²) in [4.78, 5) is 20.1. The zero-order valence-electron chi connectivity index (χ0n) is 19.4. The molecule has 0 unspecified atom stereocenters. The van der Waals surface area contributed by atoms with E-state index in [4.69, 9.17) is 0 Å². The molecule has 1 N–H and O–H groups in total. The predicted octanol–water partition coefficient (Wildman–Crippen LogP) is 5.53. The third-order valence-corrected chi connectivity index (χ3v) is 7.30. The first kappa shape index (κ1) is 22.9. The minimum Gasteiger partial charge on any atom is -0.378 e. The van der Waals surface area contributed by atoms with Crippen molar-refractivity contribution in [2.45, 2.75) is 57.0 Å². The van der Waals surface area contributed by atoms with Crippen LogP contribution >= 0.6 is 0 Å². The number of rotatable bonds is 6. The number of alkyl halides is 2. The average molecular weight is 471 g/mol. The minimum atomic E-state index is -2.88. The summed E-state index contributed by atoms with van der Waals surface area (Å²) in [6, 6.07) is 7.92. The molecule has 34 heavy (non-hydrogen) atoms. The van der Waals surface area contributed by atoms with Crippen LogP contribution in [0.25, 0.3) is 11.0 Å². The van der Waals surface area contributed by atoms with E-state index in [1.807, 2.05) is 6.07 Å². The van der Waals surface area contributed by atoms with Gasteiger partial charge in [-0.1, -0.05) is 18.2 Å². The molecule has 180 valence electrons. The van der Waals surface area contributed by atoms with Crippen molar-refractivity contribution in [3.8, 4) is 0 Å². The Morgan fingerprint density at radius 3 is 2.47 bits per heavy atom. The summed E-state index contributed by atoms with van der Waals surface area (Å²) in [6.07, 6.45) is 3.17. The van der Waals surface area contributed by atoms with Crippen molar-refractivity contribution < 1.29 is 13.2 Å². The smallest absolute Gasteiger partial charge is 0.266 e. The number of likely N-dealkylation sites (tertiary alicyclic amines) is 1. The number of fused-ring (bicyclic) bond motifs is 1. The van der Waals surface area contributed by atoms with Gasteiger partial charge in [0.2, 0.25) is 0 Å². The van der Waals surface area contributed by atoms with Gasteiger partial charge in [-0.05, 0) is 63.7 Å². The molecule has 1 aromatic carbocycles. The molecule has 0 spiro atoms. The van der Waals surface area contributed by atoms with Gasteiger partial charge in [0, 0.05) is 41.5 Å². The molecular formula is C26H29F3N4O. The van der Waals surface area contributed by atoms with Gasteiger partial charge in [0.05, 0.1) is 11.6 Å². The molecule has 8 heteroatoms. The molecule has 2 aliphatic rings. The van der Waals surface area contributed by atoms with Crippen molar-refractivity contribution in [2.75, 3.05) is 18.4 Å². The number of pyridine rings is 2. The summed E-state index contributed by atoms with van der Waals surface area (Å²) in [7, 11) is 1.72. The third kappa shape index (κ3) is 4.19. The molecule has 1 atom stereocenters. The molecule has 3 aromatic rings. The highest BCUT2D eigenvalue weighted by molar-refractivity contribution is 5.89. The molecule has 1 saturated carbocycles. The lowest BCUT2D eigenvalue weighted by Crippen LogP contribution is -2.36. The van der Waals surface area contributed by atoms with E-state index in [1.165, 1.54) is 25.0 Å². The fourth-order valence-electron chi connectivity index (χ4n) is 5.19. The number of aryl methyl sites for hydroxylation is 1. The van der Waals surface area contributed by atoms with Crippen LogP contribution in [-0.4, -0.2) is 33.6 Å². The number of anilines is 1. The van der Waals surface area contributed by atoms with E-state index < -0.39 is 23.8 Å². The molecular weight excluding hydrogens is 441 g/mol. The quantitative estimate of drug-likeness (QED) is 0.515. The first-order chi connectivity index (χ1) is 16.3. The SMILES string of the molecule is C[C@@H](Nc1ccnc2c1cc(C1CCN(C3CC3)CC1)c(=O)n2C)c1cccc(C(F)F)c1F. The molecule has 0 bridgehead atoms. The standard InChI is InChI=1S/C26H29F3N4O/c1-15(18-4-3-5-19(23(18)27)24(28)29)31-22-8-11-30-25-21(22)14-20(26(34)32(25)2)16-9-12-33(13-10-16)17-6-7-17/h3-5,8,11,14-17,24H,6-7,9-10,12-13H2,1-2H3,(H,30,31)/t15-/m1/s1. The summed E-state index contributed by atoms with van der Waals surface area (Å²) in [6.45, 7) is 3.74. The van der Waals surface area contributed by atoms with Gasteiger partial charge >= 0.3 is 0 Å². The lowest BCUT2D eigenvalue weighted by Gasteiger charge is -2.32. The second-order valence-electron chi connectivity index (χ2n) is 9.52. The monoisotopic (exact) mass is 470 g/mol. The summed E-state index contributed by atoms with van der Waals surface area (Å²) in [5.74, 6) is -0.713. The Hall–Kier alpha value is -2.87. The van der Waals surface area contributed by atoms with Crippen molar-refractivity contribution >= 4 is 16.7 Å². The molecule has 0 radical (unpaired) electrons. The Labute approximate surface area is 196 Å². The van der Waals surface area contributed by atoms with E-state index in [9.17, 15) is 18.0 Å². The van der Waals surface area contributed by atoms with Crippen LogP contribution in [0.3, 0.4) is 0 Å². The maximum Gasteiger partial charge on any atom is 0.266 e. The van der Waals surface area contributed by atoms with Crippen molar-refractivity contribution in [2.24, 2.45) is 7.05 Å². The van der Waals surface area contributed by atoms with Gasteiger partial charge in [-0.25, -0.2) is 18.2 Å². The number of aromatic nitrogens is 2. The van der Waals surface area contributed by atoms with Gasteiger partial charge in [0.25, 0.3) is 12.0 Å². The molecule has 0 amide bonds. The number of halogens is 3. The normalized spacial score (nSPS) is 18.5. The van der Waals surface area contributed by atoms with Crippen LogP contribution in [0.1, 0.15) is 67.7 Å². The maximum atomic E-state index is 14.7. The largest absolute Gasteiger partial charge is 0.378 e. The number of hydrogen-bond acceptors (Lipinski definition) is 4. The highest BCUT2D eigenvalue weighted by atomic mass is 19.3. The molecule has 5 rings (SSSR count). The number of nitrogens with one attached hydrogen (secondary N) is 1. The van der Waals surface area contributed by atoms with Gasteiger partial charge < -0.3 is 10.2 Å². The summed E-state index contributed by atoms with van der Waals surface area (Å²) < 4.78 is 42.7. The first-order valence-corrected chi connectivity index (χ1v) is 11.9. The zero-order valence-corrected chi connectivity index (χ0v) is 19.4. The summed E-state index contributed by atoms with van der Waals surface area (Å²) in [5, 5.41) is 4.03. The van der Waals surface area contributed by atoms with Crippen molar-refractivity contribution in [3.63, 3.8) is 0 Å². The van der Waals surface area contributed by atoms with E-state index in [0.717, 1.165) is 49.0 Å². The topological polar surface area (TPSA) is 50.2 Å². The van der Waals surface area contributed by atoms with Gasteiger partial charge in [-0.15, -0.1) is 0 Å². The second kappa shape index (κ2) is 9.06. The van der Waals surface area contributed by atoms with Gasteiger partial charge in [0.1, 0.15) is 11.5 Å². The molecule has 2 fully saturated rings. The lowest BCUT2D eigenvalue weighted by atomic mass is 9.89. The Kier molecular flexibility index (Phi) is 6.10. The summed E-state index contributed by atoms with van der Waals surface area (Å²) in [5.41, 5.74) is 1.52. The summed E-state index contributed by atoms with van der Waals surface area (Å²) >= 11 is 0. The Morgan fingerprint density at radius 1 is 1.09 bits per heavy atom. The third-order valence-electron chi connectivity index (χ3n) is 7.30. The Morgan fingerprint density at radius 2 is 1.79 bits per heavy atom. The van der Waals surface area contributed by atoms with Crippen LogP contribution in [0.4, 0.5) is 18.9 Å². The predicted molar refractivity (Wildman–Crippen MR) is 127 cm³/mol. The highest BCUT2D eigenvalue weighted by Gasteiger charge is 2.33. The lowest BCUT2D eigenvalue weighted by molar-refractivity contribution is 0.146. The molecule has 2 aromatic heterocycles. The average Bonchev–Trinajstić information content (AvgIpc) is 3.67. The van der Waals surface area contributed by atoms with Gasteiger partial charge in [-0.2, -0.15) is 0 Å². The fourth-order valence-corrected chi connectivity index (χ4v) is 5.19. The molecule has 1 saturated heterocycles. The van der Waals surface area contributed by atoms with Crippen molar-refractivity contribution in [1.82, 2.24) is 14.5 Å². The van der Waals surface area contributed by atoms with Crippen LogP contribution in [0.5, 0.6) is 0 Å². The van der Waals surface area contributed by atoms with Crippen LogP contribution in [0.15, 0.2) is 41.3 Å². The van der Waals surface area contributed by atoms with Crippen LogP contribution < -0.4 is 10.9 Å². The maximum absolute atomic E-state index is 14.7. The van der Waals surface area contributed by atoms with Gasteiger partial charge in [-0.3, -0.25) is 9.36 Å². The van der Waals surface area contributed by atoms with Crippen LogP contribution in [-0.2, 0) is 7.05 Å². The molecule has 5 nitrogen and oxygen atoms in total. The number of benzene rings is 1. The van der Waals surface area contributed by atoms with E-state index in [-0.39, 0.29) is 17.0 Å². The van der Waals surface area contributed by atoms with Crippen LogP contribution in [0, 0.1) is 5.82 Å². The highest BCUT2D eigenvalue weighted by Crippen LogP contribution is 2.35. The minimum absolute atomic E-state index is 0.0363. The Balaban J connectivity index is 1.48. The molecule has 3 heterocycles. The van der Waals surface area contributed by atoms with Gasteiger partial charge in [0.15, 0.2) is 0 Å². The number of piperidine rings is 1. The number of hydrogen-bond donors (Lipinski definition) is 1. The molecule has 1 aliphatic carbocycles.